The van der Waals surface area contributed by atoms with Gasteiger partial charge in [0, 0.05) is 12.0 Å². The first kappa shape index (κ1) is 12.1. The van der Waals surface area contributed by atoms with Crippen LogP contribution in [0.3, 0.4) is 0 Å². The number of hydrogen-bond donors (Lipinski definition) is 1. The highest BCUT2D eigenvalue weighted by molar-refractivity contribution is 7.80. The van der Waals surface area contributed by atoms with Crippen LogP contribution in [0.15, 0.2) is 0 Å². The van der Waals surface area contributed by atoms with Crippen molar-refractivity contribution in [3.05, 3.63) is 0 Å². The Kier molecular flexibility index (Phi) is 2.51. The fourth-order valence-electron chi connectivity index (χ4n) is 5.76. The van der Waals surface area contributed by atoms with Crippen molar-refractivity contribution in [3.8, 4) is 0 Å². The fraction of sp³-hybridized carbons (Fsp3) is 0.867. The lowest BCUT2D eigenvalue weighted by Gasteiger charge is -2.58. The molecule has 5 aliphatic rings. The Labute approximate surface area is 120 Å². The van der Waals surface area contributed by atoms with Gasteiger partial charge in [-0.1, -0.05) is 0 Å². The Morgan fingerprint density at radius 3 is 2.16 bits per heavy atom. The Morgan fingerprint density at radius 2 is 1.74 bits per heavy atom. The standard InChI is InChI=1S/C15H22N2OS/c1-2-17-13(18)12(16-14(17)19)15-6-9-3-10(7-15)5-11(4-9)8-15/h9-12H,2-8H2,1H3,(H,16,19)/t9?,10?,11?,12-,15?/m0/s1. The summed E-state index contributed by atoms with van der Waals surface area (Å²) >= 11 is 5.34. The molecule has 0 unspecified atom stereocenters. The van der Waals surface area contributed by atoms with Gasteiger partial charge in [-0.15, -0.1) is 0 Å². The third-order valence-electron chi connectivity index (χ3n) is 6.04. The summed E-state index contributed by atoms with van der Waals surface area (Å²) in [5.74, 6) is 2.88. The van der Waals surface area contributed by atoms with E-state index in [1.54, 1.807) is 4.90 Å². The van der Waals surface area contributed by atoms with E-state index in [0.717, 1.165) is 17.8 Å². The van der Waals surface area contributed by atoms with E-state index in [-0.39, 0.29) is 17.4 Å². The third-order valence-corrected chi connectivity index (χ3v) is 6.38. The zero-order valence-corrected chi connectivity index (χ0v) is 12.3. The first-order valence-electron chi connectivity index (χ1n) is 7.73. The van der Waals surface area contributed by atoms with Crippen LogP contribution in [0.2, 0.25) is 0 Å². The van der Waals surface area contributed by atoms with E-state index >= 15 is 0 Å². The molecule has 3 nitrogen and oxygen atoms in total. The zero-order valence-electron chi connectivity index (χ0n) is 11.5. The number of likely N-dealkylation sites (N-methyl/N-ethyl adjacent to an activating group) is 1. The molecule has 4 aliphatic carbocycles. The van der Waals surface area contributed by atoms with Crippen molar-refractivity contribution in [2.45, 2.75) is 51.5 Å². The van der Waals surface area contributed by atoms with Gasteiger partial charge in [0.15, 0.2) is 5.11 Å². The van der Waals surface area contributed by atoms with Gasteiger partial charge in [-0.3, -0.25) is 9.69 Å². The molecule has 0 radical (unpaired) electrons. The molecule has 0 aromatic heterocycles. The minimum atomic E-state index is -0.0200. The molecule has 1 saturated heterocycles. The van der Waals surface area contributed by atoms with Crippen LogP contribution in [0.25, 0.3) is 0 Å². The molecule has 5 fully saturated rings. The summed E-state index contributed by atoms with van der Waals surface area (Å²) in [6.07, 6.45) is 8.01. The highest BCUT2D eigenvalue weighted by atomic mass is 32.1. The van der Waals surface area contributed by atoms with Gasteiger partial charge in [0.2, 0.25) is 0 Å². The van der Waals surface area contributed by atoms with Crippen molar-refractivity contribution in [1.29, 1.82) is 0 Å². The lowest BCUT2D eigenvalue weighted by Crippen LogP contribution is -2.56. The molecule has 1 N–H and O–H groups in total. The summed E-state index contributed by atoms with van der Waals surface area (Å²) in [6, 6.07) is -0.0200. The topological polar surface area (TPSA) is 32.3 Å². The molecule has 0 aromatic rings. The predicted octanol–water partition coefficient (Wildman–Crippen LogP) is 2.31. The molecule has 4 heteroatoms. The highest BCUT2D eigenvalue weighted by Gasteiger charge is 2.58. The predicted molar refractivity (Wildman–Crippen MR) is 77.5 cm³/mol. The van der Waals surface area contributed by atoms with Gasteiger partial charge < -0.3 is 5.32 Å². The third kappa shape index (κ3) is 1.61. The van der Waals surface area contributed by atoms with E-state index in [1.807, 2.05) is 6.92 Å². The highest BCUT2D eigenvalue weighted by Crippen LogP contribution is 2.61. The summed E-state index contributed by atoms with van der Waals surface area (Å²) in [5, 5.41) is 4.03. The molecule has 104 valence electrons. The van der Waals surface area contributed by atoms with Crippen molar-refractivity contribution in [2.24, 2.45) is 23.2 Å². The van der Waals surface area contributed by atoms with Crippen LogP contribution in [0.1, 0.15) is 45.4 Å². The molecule has 0 aromatic carbocycles. The van der Waals surface area contributed by atoms with Crippen LogP contribution >= 0.6 is 12.2 Å². The van der Waals surface area contributed by atoms with Crippen molar-refractivity contribution >= 4 is 23.2 Å². The van der Waals surface area contributed by atoms with Crippen LogP contribution in [0, 0.1) is 23.2 Å². The van der Waals surface area contributed by atoms with Crippen LogP contribution < -0.4 is 5.32 Å². The van der Waals surface area contributed by atoms with Gasteiger partial charge in [0.25, 0.3) is 5.91 Å². The van der Waals surface area contributed by atoms with Gasteiger partial charge in [-0.25, -0.2) is 0 Å². The van der Waals surface area contributed by atoms with Gasteiger partial charge in [0.1, 0.15) is 6.04 Å². The molecule has 4 bridgehead atoms. The van der Waals surface area contributed by atoms with E-state index in [4.69, 9.17) is 12.2 Å². The average Bonchev–Trinajstić information content (AvgIpc) is 2.63. The first-order chi connectivity index (χ1) is 9.11. The number of carbonyl (C=O) groups excluding carboxylic acids is 1. The van der Waals surface area contributed by atoms with Gasteiger partial charge in [-0.05, 0) is 75.4 Å². The maximum absolute atomic E-state index is 12.6. The van der Waals surface area contributed by atoms with E-state index in [1.165, 1.54) is 38.5 Å². The van der Waals surface area contributed by atoms with Crippen molar-refractivity contribution in [3.63, 3.8) is 0 Å². The fourth-order valence-corrected chi connectivity index (χ4v) is 6.10. The Balaban J connectivity index is 1.65. The van der Waals surface area contributed by atoms with E-state index in [9.17, 15) is 4.79 Å². The molecular formula is C15H22N2OS. The number of thiocarbonyl (C=S) groups is 1. The summed E-state index contributed by atoms with van der Waals surface area (Å²) in [5.41, 5.74) is 0.222. The lowest BCUT2D eigenvalue weighted by atomic mass is 9.47. The molecule has 1 heterocycles. The lowest BCUT2D eigenvalue weighted by molar-refractivity contribution is -0.136. The van der Waals surface area contributed by atoms with Crippen LogP contribution in [0.4, 0.5) is 0 Å². The zero-order chi connectivity index (χ0) is 13.2. The molecule has 0 spiro atoms. The average molecular weight is 278 g/mol. The smallest absolute Gasteiger partial charge is 0.251 e. The molecule has 1 aliphatic heterocycles. The van der Waals surface area contributed by atoms with E-state index in [2.05, 4.69) is 5.32 Å². The molecule has 4 saturated carbocycles. The summed E-state index contributed by atoms with van der Waals surface area (Å²) in [4.78, 5) is 14.4. The van der Waals surface area contributed by atoms with Crippen molar-refractivity contribution in [1.82, 2.24) is 10.2 Å². The molecule has 5 rings (SSSR count). The normalized spacial score (nSPS) is 47.9. The second kappa shape index (κ2) is 3.94. The van der Waals surface area contributed by atoms with E-state index in [0.29, 0.717) is 11.7 Å². The second-order valence-electron chi connectivity index (χ2n) is 7.24. The van der Waals surface area contributed by atoms with Gasteiger partial charge in [0.05, 0.1) is 0 Å². The molecule has 1 atom stereocenters. The summed E-state index contributed by atoms with van der Waals surface area (Å²) < 4.78 is 0. The number of rotatable bonds is 2. The van der Waals surface area contributed by atoms with Crippen molar-refractivity contribution < 1.29 is 4.79 Å². The maximum atomic E-state index is 12.6. The number of nitrogens with zero attached hydrogens (tertiary/aromatic N) is 1. The number of carbonyl (C=O) groups is 1. The Hall–Kier alpha value is -0.640. The molecular weight excluding hydrogens is 256 g/mol. The van der Waals surface area contributed by atoms with Crippen LogP contribution in [-0.4, -0.2) is 28.5 Å². The van der Waals surface area contributed by atoms with E-state index < -0.39 is 0 Å². The Bertz CT molecular complexity index is 412. The quantitative estimate of drug-likeness (QED) is 0.787. The number of nitrogens with one attached hydrogen (secondary N) is 1. The SMILES string of the molecule is CCN1C(=O)[C@@H](C23CC4CC(CC(C4)C2)C3)NC1=S. The van der Waals surface area contributed by atoms with Crippen molar-refractivity contribution in [2.75, 3.05) is 6.54 Å². The summed E-state index contributed by atoms with van der Waals surface area (Å²) in [6.45, 7) is 2.71. The molecule has 19 heavy (non-hydrogen) atoms. The maximum Gasteiger partial charge on any atom is 0.251 e. The van der Waals surface area contributed by atoms with Gasteiger partial charge in [-0.2, -0.15) is 0 Å². The number of hydrogen-bond acceptors (Lipinski definition) is 2. The second-order valence-corrected chi connectivity index (χ2v) is 7.63. The van der Waals surface area contributed by atoms with Crippen LogP contribution in [0.5, 0.6) is 0 Å². The molecule has 1 amide bonds. The Morgan fingerprint density at radius 1 is 1.21 bits per heavy atom. The van der Waals surface area contributed by atoms with Crippen LogP contribution in [-0.2, 0) is 4.79 Å². The first-order valence-corrected chi connectivity index (χ1v) is 8.14. The minimum absolute atomic E-state index is 0.0200. The van der Waals surface area contributed by atoms with Gasteiger partial charge >= 0.3 is 0 Å². The largest absolute Gasteiger partial charge is 0.350 e. The number of amides is 1. The monoisotopic (exact) mass is 278 g/mol. The summed E-state index contributed by atoms with van der Waals surface area (Å²) in [7, 11) is 0. The minimum Gasteiger partial charge on any atom is -0.350 e.